The zero-order valence-corrected chi connectivity index (χ0v) is 12.4. The van der Waals surface area contributed by atoms with Gasteiger partial charge in [0.15, 0.2) is 11.5 Å². The molecule has 1 fully saturated rings. The minimum absolute atomic E-state index is 0.320. The summed E-state index contributed by atoms with van der Waals surface area (Å²) in [5, 5.41) is 3.52. The third kappa shape index (κ3) is 3.22. The van der Waals surface area contributed by atoms with E-state index in [2.05, 4.69) is 21.2 Å². The summed E-state index contributed by atoms with van der Waals surface area (Å²) in [6.45, 7) is 4.01. The third-order valence-electron chi connectivity index (χ3n) is 3.63. The molecule has 0 bridgehead atoms. The lowest BCUT2D eigenvalue weighted by Gasteiger charge is -2.22. The van der Waals surface area contributed by atoms with Gasteiger partial charge in [0.2, 0.25) is 6.79 Å². The van der Waals surface area contributed by atoms with Crippen LogP contribution in [0.1, 0.15) is 18.4 Å². The molecule has 2 heterocycles. The number of ether oxygens (including phenoxy) is 3. The molecule has 0 amide bonds. The van der Waals surface area contributed by atoms with Gasteiger partial charge in [-0.15, -0.1) is 0 Å². The predicted octanol–water partition coefficient (Wildman–Crippen LogP) is 2.69. The van der Waals surface area contributed by atoms with E-state index in [1.165, 1.54) is 5.56 Å². The quantitative estimate of drug-likeness (QED) is 0.923. The van der Waals surface area contributed by atoms with E-state index in [0.29, 0.717) is 6.79 Å². The van der Waals surface area contributed by atoms with Crippen LogP contribution in [-0.2, 0) is 11.3 Å². The summed E-state index contributed by atoms with van der Waals surface area (Å²) in [6, 6.07) is 4.02. The number of hydrogen-bond donors (Lipinski definition) is 1. The van der Waals surface area contributed by atoms with Gasteiger partial charge in [0.25, 0.3) is 0 Å². The van der Waals surface area contributed by atoms with Gasteiger partial charge >= 0.3 is 0 Å². The second-order valence-corrected chi connectivity index (χ2v) is 5.84. The molecule has 0 atom stereocenters. The number of hydrogen-bond acceptors (Lipinski definition) is 4. The normalized spacial score (nSPS) is 18.8. The van der Waals surface area contributed by atoms with Crippen molar-refractivity contribution in [3.63, 3.8) is 0 Å². The molecule has 1 aromatic rings. The Morgan fingerprint density at radius 2 is 1.89 bits per heavy atom. The highest BCUT2D eigenvalue weighted by molar-refractivity contribution is 9.10. The molecular formula is C14H18BrNO3. The van der Waals surface area contributed by atoms with Crippen molar-refractivity contribution in [2.45, 2.75) is 19.4 Å². The zero-order chi connectivity index (χ0) is 13.1. The van der Waals surface area contributed by atoms with Crippen LogP contribution in [0.25, 0.3) is 0 Å². The van der Waals surface area contributed by atoms with Crippen LogP contribution in [0.4, 0.5) is 0 Å². The van der Waals surface area contributed by atoms with E-state index in [9.17, 15) is 0 Å². The molecule has 19 heavy (non-hydrogen) atoms. The van der Waals surface area contributed by atoms with Crippen molar-refractivity contribution in [1.82, 2.24) is 5.32 Å². The Morgan fingerprint density at radius 3 is 2.68 bits per heavy atom. The molecule has 3 rings (SSSR count). The van der Waals surface area contributed by atoms with Crippen LogP contribution in [0, 0.1) is 5.92 Å². The summed E-state index contributed by atoms with van der Waals surface area (Å²) in [5.74, 6) is 2.40. The molecule has 0 saturated carbocycles. The standard InChI is InChI=1S/C14H18BrNO3/c15-12-6-14-13(18-9-19-14)5-11(12)8-16-7-10-1-3-17-4-2-10/h5-6,10,16H,1-4,7-9H2. The van der Waals surface area contributed by atoms with Gasteiger partial charge in [-0.2, -0.15) is 0 Å². The van der Waals surface area contributed by atoms with Gasteiger partial charge in [-0.3, -0.25) is 0 Å². The molecule has 104 valence electrons. The Bertz CT molecular complexity index is 447. The molecule has 0 unspecified atom stereocenters. The van der Waals surface area contributed by atoms with Gasteiger partial charge < -0.3 is 19.5 Å². The lowest BCUT2D eigenvalue weighted by atomic mass is 10.0. The fourth-order valence-electron chi connectivity index (χ4n) is 2.46. The highest BCUT2D eigenvalue weighted by atomic mass is 79.9. The number of rotatable bonds is 4. The van der Waals surface area contributed by atoms with E-state index < -0.39 is 0 Å². The van der Waals surface area contributed by atoms with Crippen molar-refractivity contribution in [2.24, 2.45) is 5.92 Å². The van der Waals surface area contributed by atoms with Crippen LogP contribution in [-0.4, -0.2) is 26.6 Å². The molecule has 0 radical (unpaired) electrons. The maximum Gasteiger partial charge on any atom is 0.231 e. The number of halogens is 1. The van der Waals surface area contributed by atoms with Crippen LogP contribution in [0.2, 0.25) is 0 Å². The second kappa shape index (κ2) is 6.11. The second-order valence-electron chi connectivity index (χ2n) is 4.98. The summed E-state index contributed by atoms with van der Waals surface area (Å²) in [7, 11) is 0. The Hall–Kier alpha value is -0.780. The zero-order valence-electron chi connectivity index (χ0n) is 10.8. The van der Waals surface area contributed by atoms with Crippen molar-refractivity contribution < 1.29 is 14.2 Å². The first-order chi connectivity index (χ1) is 9.33. The summed E-state index contributed by atoms with van der Waals surface area (Å²) in [4.78, 5) is 0. The minimum Gasteiger partial charge on any atom is -0.454 e. The van der Waals surface area contributed by atoms with Gasteiger partial charge in [-0.05, 0) is 43.0 Å². The summed E-state index contributed by atoms with van der Waals surface area (Å²) >= 11 is 3.58. The number of fused-ring (bicyclic) bond motifs is 1. The van der Waals surface area contributed by atoms with Crippen LogP contribution < -0.4 is 14.8 Å². The lowest BCUT2D eigenvalue weighted by molar-refractivity contribution is 0.0662. The Balaban J connectivity index is 1.54. The molecule has 5 heteroatoms. The van der Waals surface area contributed by atoms with Crippen molar-refractivity contribution in [3.05, 3.63) is 22.2 Å². The first-order valence-electron chi connectivity index (χ1n) is 6.69. The Kier molecular flexibility index (Phi) is 4.25. The predicted molar refractivity (Wildman–Crippen MR) is 75.5 cm³/mol. The Labute approximate surface area is 121 Å². The average Bonchev–Trinajstić information content (AvgIpc) is 2.87. The van der Waals surface area contributed by atoms with Crippen molar-refractivity contribution in [1.29, 1.82) is 0 Å². The maximum atomic E-state index is 5.40. The molecule has 2 aliphatic rings. The monoisotopic (exact) mass is 327 g/mol. The molecule has 2 aliphatic heterocycles. The van der Waals surface area contributed by atoms with E-state index in [1.54, 1.807) is 0 Å². The smallest absolute Gasteiger partial charge is 0.231 e. The van der Waals surface area contributed by atoms with Crippen molar-refractivity contribution in [2.75, 3.05) is 26.6 Å². The van der Waals surface area contributed by atoms with Crippen LogP contribution >= 0.6 is 15.9 Å². The topological polar surface area (TPSA) is 39.7 Å². The van der Waals surface area contributed by atoms with E-state index in [1.807, 2.05) is 12.1 Å². The van der Waals surface area contributed by atoms with Gasteiger partial charge in [0.1, 0.15) is 0 Å². The van der Waals surface area contributed by atoms with Gasteiger partial charge in [0.05, 0.1) is 0 Å². The largest absolute Gasteiger partial charge is 0.454 e. The molecule has 1 aromatic carbocycles. The molecule has 0 aromatic heterocycles. The molecule has 1 N–H and O–H groups in total. The van der Waals surface area contributed by atoms with E-state index in [4.69, 9.17) is 14.2 Å². The van der Waals surface area contributed by atoms with Crippen LogP contribution in [0.5, 0.6) is 11.5 Å². The van der Waals surface area contributed by atoms with Gasteiger partial charge in [-0.25, -0.2) is 0 Å². The first kappa shape index (κ1) is 13.2. The van der Waals surface area contributed by atoms with Crippen LogP contribution in [0.15, 0.2) is 16.6 Å². The molecule has 0 spiro atoms. The number of benzene rings is 1. The van der Waals surface area contributed by atoms with Crippen molar-refractivity contribution >= 4 is 15.9 Å². The van der Waals surface area contributed by atoms with Crippen molar-refractivity contribution in [3.8, 4) is 11.5 Å². The molecule has 4 nitrogen and oxygen atoms in total. The number of nitrogens with one attached hydrogen (secondary N) is 1. The molecule has 1 saturated heterocycles. The van der Waals surface area contributed by atoms with E-state index >= 15 is 0 Å². The SMILES string of the molecule is Brc1cc2c(cc1CNCC1CCOCC1)OCO2. The van der Waals surface area contributed by atoms with Crippen LogP contribution in [0.3, 0.4) is 0 Å². The fourth-order valence-corrected chi connectivity index (χ4v) is 2.92. The average molecular weight is 328 g/mol. The van der Waals surface area contributed by atoms with E-state index in [-0.39, 0.29) is 0 Å². The van der Waals surface area contributed by atoms with Gasteiger partial charge in [-0.1, -0.05) is 15.9 Å². The Morgan fingerprint density at radius 1 is 1.16 bits per heavy atom. The third-order valence-corrected chi connectivity index (χ3v) is 4.37. The highest BCUT2D eigenvalue weighted by Crippen LogP contribution is 2.36. The maximum absolute atomic E-state index is 5.40. The fraction of sp³-hybridized carbons (Fsp3) is 0.571. The summed E-state index contributed by atoms with van der Waals surface area (Å²) in [6.07, 6.45) is 2.32. The van der Waals surface area contributed by atoms with Gasteiger partial charge in [0, 0.05) is 24.2 Å². The molecule has 0 aliphatic carbocycles. The first-order valence-corrected chi connectivity index (χ1v) is 7.49. The minimum atomic E-state index is 0.320. The highest BCUT2D eigenvalue weighted by Gasteiger charge is 2.17. The van der Waals surface area contributed by atoms with E-state index in [0.717, 1.165) is 61.0 Å². The lowest BCUT2D eigenvalue weighted by Crippen LogP contribution is -2.27. The molecular weight excluding hydrogens is 310 g/mol. The summed E-state index contributed by atoms with van der Waals surface area (Å²) in [5.41, 5.74) is 1.20. The summed E-state index contributed by atoms with van der Waals surface area (Å²) < 4.78 is 17.2.